The first-order valence-corrected chi connectivity index (χ1v) is 8.93. The summed E-state index contributed by atoms with van der Waals surface area (Å²) in [6.07, 6.45) is -3.10. The van der Waals surface area contributed by atoms with Gasteiger partial charge in [0.2, 0.25) is 5.91 Å². The van der Waals surface area contributed by atoms with E-state index >= 15 is 0 Å². The highest BCUT2D eigenvalue weighted by molar-refractivity contribution is 5.78. The Bertz CT molecular complexity index is 755. The lowest BCUT2D eigenvalue weighted by atomic mass is 10.2. The molecular weight excluding hydrogens is 375 g/mol. The maximum atomic E-state index is 12.9. The summed E-state index contributed by atoms with van der Waals surface area (Å²) < 4.78 is 43.7. The summed E-state index contributed by atoms with van der Waals surface area (Å²) in [6.45, 7) is 0.838. The SMILES string of the molecule is O=C(CN1CCN(c2ccc(O)cc2)CC1)N(Cc1ccco1)CC(F)(F)F. The van der Waals surface area contributed by atoms with Crippen LogP contribution in [0.5, 0.6) is 5.75 Å². The number of hydrogen-bond donors (Lipinski definition) is 1. The number of phenolic OH excluding ortho intramolecular Hbond substituents is 1. The molecule has 1 saturated heterocycles. The van der Waals surface area contributed by atoms with E-state index in [-0.39, 0.29) is 18.8 Å². The number of alkyl halides is 3. The fourth-order valence-electron chi connectivity index (χ4n) is 3.16. The Hall–Kier alpha value is -2.68. The molecule has 0 bridgehead atoms. The molecule has 1 amide bonds. The Morgan fingerprint density at radius 2 is 1.79 bits per heavy atom. The predicted molar refractivity (Wildman–Crippen MR) is 96.9 cm³/mol. The normalized spacial score (nSPS) is 15.6. The van der Waals surface area contributed by atoms with Crippen LogP contribution in [0.15, 0.2) is 47.1 Å². The molecule has 0 atom stereocenters. The molecule has 1 aromatic carbocycles. The van der Waals surface area contributed by atoms with Crippen molar-refractivity contribution in [1.82, 2.24) is 9.80 Å². The Morgan fingerprint density at radius 3 is 2.36 bits per heavy atom. The van der Waals surface area contributed by atoms with Gasteiger partial charge in [-0.25, -0.2) is 0 Å². The zero-order valence-electron chi connectivity index (χ0n) is 15.2. The Morgan fingerprint density at radius 1 is 1.11 bits per heavy atom. The van der Waals surface area contributed by atoms with Gasteiger partial charge >= 0.3 is 6.18 Å². The third kappa shape index (κ3) is 5.66. The molecule has 152 valence electrons. The average Bonchev–Trinajstić information content (AvgIpc) is 3.14. The van der Waals surface area contributed by atoms with Gasteiger partial charge in [0.25, 0.3) is 0 Å². The number of benzene rings is 1. The first-order chi connectivity index (χ1) is 13.3. The number of amides is 1. The highest BCUT2D eigenvalue weighted by Gasteiger charge is 2.34. The van der Waals surface area contributed by atoms with Crippen LogP contribution >= 0.6 is 0 Å². The predicted octanol–water partition coefficient (Wildman–Crippen LogP) is 2.70. The van der Waals surface area contributed by atoms with Gasteiger partial charge in [-0.2, -0.15) is 13.2 Å². The molecule has 1 aliphatic heterocycles. The molecule has 6 nitrogen and oxygen atoms in total. The molecule has 3 rings (SSSR count). The number of hydrogen-bond acceptors (Lipinski definition) is 5. The number of furan rings is 1. The van der Waals surface area contributed by atoms with Crippen LogP contribution in [0.25, 0.3) is 0 Å². The number of aromatic hydroxyl groups is 1. The van der Waals surface area contributed by atoms with Crippen molar-refractivity contribution in [2.75, 3.05) is 44.2 Å². The minimum Gasteiger partial charge on any atom is -0.508 e. The molecule has 0 aliphatic carbocycles. The zero-order chi connectivity index (χ0) is 20.1. The summed E-state index contributed by atoms with van der Waals surface area (Å²) in [7, 11) is 0. The van der Waals surface area contributed by atoms with Crippen LogP contribution in [0.4, 0.5) is 18.9 Å². The van der Waals surface area contributed by atoms with Gasteiger partial charge in [-0.3, -0.25) is 9.69 Å². The van der Waals surface area contributed by atoms with E-state index in [4.69, 9.17) is 4.42 Å². The molecule has 1 fully saturated rings. The van der Waals surface area contributed by atoms with Crippen LogP contribution in [0.3, 0.4) is 0 Å². The van der Waals surface area contributed by atoms with Gasteiger partial charge in [-0.15, -0.1) is 0 Å². The van der Waals surface area contributed by atoms with E-state index in [0.717, 1.165) is 10.6 Å². The maximum Gasteiger partial charge on any atom is 0.406 e. The second kappa shape index (κ2) is 8.55. The second-order valence-corrected chi connectivity index (χ2v) is 6.72. The van der Waals surface area contributed by atoms with Crippen molar-refractivity contribution in [3.8, 4) is 5.75 Å². The molecule has 0 unspecified atom stereocenters. The molecule has 9 heteroatoms. The lowest BCUT2D eigenvalue weighted by molar-refractivity contribution is -0.163. The number of nitrogens with zero attached hydrogens (tertiary/aromatic N) is 3. The van der Waals surface area contributed by atoms with Crippen molar-refractivity contribution in [3.63, 3.8) is 0 Å². The Labute approximate surface area is 160 Å². The van der Waals surface area contributed by atoms with Crippen molar-refractivity contribution < 1.29 is 27.5 Å². The van der Waals surface area contributed by atoms with Crippen LogP contribution < -0.4 is 4.90 Å². The number of rotatable bonds is 6. The number of anilines is 1. The van der Waals surface area contributed by atoms with E-state index in [1.54, 1.807) is 24.3 Å². The average molecular weight is 397 g/mol. The number of carbonyl (C=O) groups excluding carboxylic acids is 1. The highest BCUT2D eigenvalue weighted by atomic mass is 19.4. The van der Waals surface area contributed by atoms with Crippen LogP contribution in [0.2, 0.25) is 0 Å². The monoisotopic (exact) mass is 397 g/mol. The third-order valence-corrected chi connectivity index (χ3v) is 4.60. The van der Waals surface area contributed by atoms with E-state index in [9.17, 15) is 23.1 Å². The molecule has 1 aliphatic rings. The molecule has 0 spiro atoms. The first-order valence-electron chi connectivity index (χ1n) is 8.93. The van der Waals surface area contributed by atoms with Gasteiger partial charge in [0.05, 0.1) is 19.4 Å². The number of halogens is 3. The van der Waals surface area contributed by atoms with Crippen molar-refractivity contribution in [2.45, 2.75) is 12.7 Å². The highest BCUT2D eigenvalue weighted by Crippen LogP contribution is 2.21. The largest absolute Gasteiger partial charge is 0.508 e. The molecule has 1 N–H and O–H groups in total. The zero-order valence-corrected chi connectivity index (χ0v) is 15.2. The number of phenols is 1. The topological polar surface area (TPSA) is 60.2 Å². The molecule has 0 saturated carbocycles. The molecular formula is C19H22F3N3O3. The summed E-state index contributed by atoms with van der Waals surface area (Å²) in [5, 5.41) is 9.37. The quantitative estimate of drug-likeness (QED) is 0.812. The summed E-state index contributed by atoms with van der Waals surface area (Å²) in [4.78, 5) is 17.2. The minimum atomic E-state index is -4.47. The van der Waals surface area contributed by atoms with Gasteiger partial charge in [0.1, 0.15) is 18.1 Å². The van der Waals surface area contributed by atoms with Gasteiger partial charge in [0, 0.05) is 31.9 Å². The fraction of sp³-hybridized carbons (Fsp3) is 0.421. The lowest BCUT2D eigenvalue weighted by Gasteiger charge is -2.36. The van der Waals surface area contributed by atoms with E-state index in [1.807, 2.05) is 17.0 Å². The van der Waals surface area contributed by atoms with Crippen molar-refractivity contribution in [2.24, 2.45) is 0 Å². The van der Waals surface area contributed by atoms with Crippen LogP contribution in [0.1, 0.15) is 5.76 Å². The van der Waals surface area contributed by atoms with E-state index in [1.165, 1.54) is 6.26 Å². The second-order valence-electron chi connectivity index (χ2n) is 6.72. The van der Waals surface area contributed by atoms with Crippen molar-refractivity contribution in [1.29, 1.82) is 0 Å². The van der Waals surface area contributed by atoms with Crippen molar-refractivity contribution >= 4 is 11.6 Å². The molecule has 2 aromatic rings. The fourth-order valence-corrected chi connectivity index (χ4v) is 3.16. The molecule has 1 aromatic heterocycles. The van der Waals surface area contributed by atoms with E-state index in [2.05, 4.69) is 4.90 Å². The summed E-state index contributed by atoms with van der Waals surface area (Å²) >= 11 is 0. The summed E-state index contributed by atoms with van der Waals surface area (Å²) in [5.74, 6) is -0.0733. The first kappa shape index (κ1) is 20.1. The van der Waals surface area contributed by atoms with Crippen LogP contribution in [0, 0.1) is 0 Å². The minimum absolute atomic E-state index is 0.0692. The van der Waals surface area contributed by atoms with Crippen LogP contribution in [-0.4, -0.2) is 66.3 Å². The van der Waals surface area contributed by atoms with Crippen molar-refractivity contribution in [3.05, 3.63) is 48.4 Å². The maximum absolute atomic E-state index is 12.9. The van der Waals surface area contributed by atoms with Gasteiger partial charge in [-0.1, -0.05) is 0 Å². The molecule has 0 radical (unpaired) electrons. The standard InChI is InChI=1S/C19H22F3N3O3/c20-19(21,22)14-25(12-17-2-1-11-28-17)18(27)13-23-7-9-24(10-8-23)15-3-5-16(26)6-4-15/h1-6,11,26H,7-10,12-14H2. The van der Waals surface area contributed by atoms with Gasteiger partial charge in [0.15, 0.2) is 0 Å². The smallest absolute Gasteiger partial charge is 0.406 e. The number of carbonyl (C=O) groups is 1. The molecule has 28 heavy (non-hydrogen) atoms. The Kier molecular flexibility index (Phi) is 6.13. The van der Waals surface area contributed by atoms with Crippen LogP contribution in [-0.2, 0) is 11.3 Å². The van der Waals surface area contributed by atoms with Gasteiger partial charge < -0.3 is 19.3 Å². The Balaban J connectivity index is 1.55. The third-order valence-electron chi connectivity index (χ3n) is 4.60. The molecule has 2 heterocycles. The van der Waals surface area contributed by atoms with E-state index in [0.29, 0.717) is 31.9 Å². The van der Waals surface area contributed by atoms with Gasteiger partial charge in [-0.05, 0) is 36.4 Å². The summed E-state index contributed by atoms with van der Waals surface area (Å²) in [5.41, 5.74) is 0.959. The number of piperazine rings is 1. The lowest BCUT2D eigenvalue weighted by Crippen LogP contribution is -2.51. The van der Waals surface area contributed by atoms with E-state index < -0.39 is 18.6 Å². The summed E-state index contributed by atoms with van der Waals surface area (Å²) in [6, 6.07) is 9.96.